The van der Waals surface area contributed by atoms with E-state index in [-0.39, 0.29) is 5.60 Å². The molecule has 2 unspecified atom stereocenters. The highest BCUT2D eigenvalue weighted by molar-refractivity contribution is 7.52. The lowest BCUT2D eigenvalue weighted by Crippen LogP contribution is -2.51. The van der Waals surface area contributed by atoms with Crippen molar-refractivity contribution in [1.29, 1.82) is 0 Å². The van der Waals surface area contributed by atoms with Crippen LogP contribution in [0.5, 0.6) is 0 Å². The predicted octanol–water partition coefficient (Wildman–Crippen LogP) is 6.07. The van der Waals surface area contributed by atoms with Crippen LogP contribution in [0.4, 0.5) is 5.69 Å². The predicted molar refractivity (Wildman–Crippen MR) is 114 cm³/mol. The first-order valence-corrected chi connectivity index (χ1v) is 12.3. The Kier molecular flexibility index (Phi) is 4.78. The van der Waals surface area contributed by atoms with Crippen molar-refractivity contribution in [2.75, 3.05) is 18.3 Å². The van der Waals surface area contributed by atoms with E-state index in [2.05, 4.69) is 60.6 Å². The number of hydrogen-bond donors (Lipinski definition) is 0. The van der Waals surface area contributed by atoms with Gasteiger partial charge in [-0.05, 0) is 81.4 Å². The molecule has 1 saturated heterocycles. The van der Waals surface area contributed by atoms with E-state index in [1.54, 1.807) is 0 Å². The summed E-state index contributed by atoms with van der Waals surface area (Å²) in [6.45, 7) is 5.84. The molecule has 4 saturated carbocycles. The van der Waals surface area contributed by atoms with Gasteiger partial charge in [-0.1, -0.05) is 38.5 Å². The first kappa shape index (κ1) is 18.4. The number of nitrogens with zero attached hydrogens (tertiary/aromatic N) is 2. The van der Waals surface area contributed by atoms with E-state index in [9.17, 15) is 0 Å². The van der Waals surface area contributed by atoms with Crippen LogP contribution >= 0.6 is 8.45 Å². The summed E-state index contributed by atoms with van der Waals surface area (Å²) in [6.07, 6.45) is 9.64. The second-order valence-electron chi connectivity index (χ2n) is 9.89. The van der Waals surface area contributed by atoms with Gasteiger partial charge in [0.25, 0.3) is 0 Å². The quantitative estimate of drug-likeness (QED) is 0.572. The third kappa shape index (κ3) is 3.24. The Hall–Kier alpha value is -0.630. The van der Waals surface area contributed by atoms with E-state index >= 15 is 0 Å². The van der Waals surface area contributed by atoms with E-state index in [1.165, 1.54) is 50.6 Å². The lowest BCUT2D eigenvalue weighted by molar-refractivity contribution is -0.105. The Labute approximate surface area is 166 Å². The number of hydrogen-bond acceptors (Lipinski definition) is 3. The lowest BCUT2D eigenvalue weighted by Gasteiger charge is -2.57. The van der Waals surface area contributed by atoms with E-state index < -0.39 is 8.45 Å². The standard InChI is InChI=1S/C23H35N2OP/c1-4-17(2)22-16-25(21-8-6-5-7-9-21)27(24(22)3)26-23-13-18-10-19(14-23)12-20(11-18)15-23/h5-9,17-20,22H,4,10-16H2,1-3H3/t17?,18?,19?,20?,22-,23?,27?/m1/s1. The fourth-order valence-corrected chi connectivity index (χ4v) is 9.05. The summed E-state index contributed by atoms with van der Waals surface area (Å²) < 4.78 is 12.4. The molecular formula is C23H35N2OP. The SMILES string of the molecule is CCC(C)[C@H]1CN(c2ccccc2)P(OC23CC4CC(CC(C4)C2)C3)N1C. The van der Waals surface area contributed by atoms with E-state index in [4.69, 9.17) is 4.52 Å². The van der Waals surface area contributed by atoms with Gasteiger partial charge in [0.05, 0.1) is 5.60 Å². The second-order valence-corrected chi connectivity index (χ2v) is 11.7. The lowest BCUT2D eigenvalue weighted by atomic mass is 9.54. The van der Waals surface area contributed by atoms with Gasteiger partial charge in [0.2, 0.25) is 8.45 Å². The molecule has 5 fully saturated rings. The summed E-state index contributed by atoms with van der Waals surface area (Å²) in [4.78, 5) is 0. The Morgan fingerprint density at radius 2 is 1.67 bits per heavy atom. The molecule has 0 amide bonds. The number of likely N-dealkylation sites (N-methyl/N-ethyl adjacent to an activating group) is 1. The van der Waals surface area contributed by atoms with Crippen LogP contribution in [0, 0.1) is 23.7 Å². The smallest absolute Gasteiger partial charge is 0.218 e. The second kappa shape index (κ2) is 7.01. The normalized spacial score (nSPS) is 42.0. The van der Waals surface area contributed by atoms with Crippen LogP contribution in [-0.4, -0.2) is 29.9 Å². The summed E-state index contributed by atoms with van der Waals surface area (Å²) in [7, 11) is 1.61. The summed E-state index contributed by atoms with van der Waals surface area (Å²) in [6, 6.07) is 11.6. The molecule has 4 aliphatic carbocycles. The third-order valence-corrected chi connectivity index (χ3v) is 10.1. The first-order valence-electron chi connectivity index (χ1n) is 11.1. The molecule has 1 heterocycles. The van der Waals surface area contributed by atoms with Crippen LogP contribution in [0.15, 0.2) is 30.3 Å². The van der Waals surface area contributed by atoms with Crippen molar-refractivity contribution in [3.05, 3.63) is 30.3 Å². The average molecular weight is 387 g/mol. The monoisotopic (exact) mass is 386 g/mol. The maximum atomic E-state index is 7.23. The van der Waals surface area contributed by atoms with Crippen molar-refractivity contribution >= 4 is 14.1 Å². The van der Waals surface area contributed by atoms with Gasteiger partial charge in [-0.3, -0.25) is 0 Å². The molecule has 0 N–H and O–H groups in total. The molecule has 1 aromatic rings. The van der Waals surface area contributed by atoms with Crippen LogP contribution in [0.3, 0.4) is 0 Å². The fraction of sp³-hybridized carbons (Fsp3) is 0.739. The highest BCUT2D eigenvalue weighted by atomic mass is 31.2. The van der Waals surface area contributed by atoms with E-state index in [1.807, 2.05) is 0 Å². The molecular weight excluding hydrogens is 351 g/mol. The van der Waals surface area contributed by atoms with Crippen molar-refractivity contribution in [1.82, 2.24) is 4.67 Å². The van der Waals surface area contributed by atoms with Gasteiger partial charge in [-0.2, -0.15) is 0 Å². The van der Waals surface area contributed by atoms with Crippen LogP contribution in [0.25, 0.3) is 0 Å². The highest BCUT2D eigenvalue weighted by Gasteiger charge is 2.55. The molecule has 0 radical (unpaired) electrons. The summed E-state index contributed by atoms with van der Waals surface area (Å²) in [5, 5.41) is 0. The first-order chi connectivity index (χ1) is 13.1. The number of para-hydroxylation sites is 1. The Balaban J connectivity index is 1.43. The van der Waals surface area contributed by atoms with Gasteiger partial charge in [0.1, 0.15) is 0 Å². The zero-order valence-corrected chi connectivity index (χ0v) is 18.1. The Morgan fingerprint density at radius 1 is 1.07 bits per heavy atom. The molecule has 6 rings (SSSR count). The molecule has 148 valence electrons. The fourth-order valence-electron chi connectivity index (χ4n) is 6.72. The number of rotatable bonds is 5. The highest BCUT2D eigenvalue weighted by Crippen LogP contribution is 2.64. The maximum Gasteiger partial charge on any atom is 0.218 e. The molecule has 3 nitrogen and oxygen atoms in total. The van der Waals surface area contributed by atoms with Crippen LogP contribution in [-0.2, 0) is 4.52 Å². The molecule has 4 heteroatoms. The van der Waals surface area contributed by atoms with E-state index in [0.717, 1.165) is 24.3 Å². The molecule has 0 spiro atoms. The minimum atomic E-state index is -0.718. The minimum Gasteiger partial charge on any atom is -0.320 e. The van der Waals surface area contributed by atoms with Gasteiger partial charge < -0.3 is 9.19 Å². The minimum absolute atomic E-state index is 0.173. The van der Waals surface area contributed by atoms with Crippen molar-refractivity contribution in [3.63, 3.8) is 0 Å². The molecule has 1 aliphatic heterocycles. The van der Waals surface area contributed by atoms with E-state index in [0.29, 0.717) is 12.0 Å². The van der Waals surface area contributed by atoms with Crippen molar-refractivity contribution in [3.8, 4) is 0 Å². The summed E-state index contributed by atoms with van der Waals surface area (Å²) in [5.74, 6) is 3.52. The largest absolute Gasteiger partial charge is 0.320 e. The van der Waals surface area contributed by atoms with Crippen LogP contribution < -0.4 is 4.67 Å². The van der Waals surface area contributed by atoms with Crippen LogP contribution in [0.1, 0.15) is 58.8 Å². The molecule has 27 heavy (non-hydrogen) atoms. The van der Waals surface area contributed by atoms with Crippen molar-refractivity contribution < 1.29 is 4.52 Å². The van der Waals surface area contributed by atoms with Gasteiger partial charge in [-0.15, -0.1) is 0 Å². The van der Waals surface area contributed by atoms with Gasteiger partial charge in [0, 0.05) is 18.3 Å². The molecule has 3 atom stereocenters. The summed E-state index contributed by atoms with van der Waals surface area (Å²) in [5.41, 5.74) is 1.51. The molecule has 5 aliphatic rings. The average Bonchev–Trinajstić information content (AvgIpc) is 2.97. The zero-order chi connectivity index (χ0) is 18.6. The summed E-state index contributed by atoms with van der Waals surface area (Å²) >= 11 is 0. The molecule has 1 aromatic carbocycles. The molecule has 4 bridgehead atoms. The van der Waals surface area contributed by atoms with Gasteiger partial charge in [0.15, 0.2) is 0 Å². The number of benzene rings is 1. The Morgan fingerprint density at radius 3 is 2.22 bits per heavy atom. The topological polar surface area (TPSA) is 15.7 Å². The van der Waals surface area contributed by atoms with Crippen LogP contribution in [0.2, 0.25) is 0 Å². The maximum absolute atomic E-state index is 7.23. The van der Waals surface area contributed by atoms with Crippen molar-refractivity contribution in [2.24, 2.45) is 23.7 Å². The van der Waals surface area contributed by atoms with Crippen molar-refractivity contribution in [2.45, 2.75) is 70.4 Å². The number of anilines is 1. The zero-order valence-electron chi connectivity index (χ0n) is 17.2. The van der Waals surface area contributed by atoms with Gasteiger partial charge in [-0.25, -0.2) is 4.67 Å². The van der Waals surface area contributed by atoms with Gasteiger partial charge >= 0.3 is 0 Å². The molecule has 0 aromatic heterocycles. The Bertz CT molecular complexity index is 630. The third-order valence-electron chi connectivity index (χ3n) is 7.93.